The highest BCUT2D eigenvalue weighted by atomic mass is 28.4. The summed E-state index contributed by atoms with van der Waals surface area (Å²) in [5.74, 6) is 0. The zero-order valence-corrected chi connectivity index (χ0v) is 18.4. The molecule has 25 heavy (non-hydrogen) atoms. The van der Waals surface area contributed by atoms with E-state index in [1.54, 1.807) is 6.08 Å². The Balaban J connectivity index is 3.24. The number of carbonyl (C=O) groups is 1. The van der Waals surface area contributed by atoms with Crippen LogP contribution < -0.4 is 0 Å². The first-order chi connectivity index (χ1) is 11.2. The van der Waals surface area contributed by atoms with Crippen LogP contribution in [0.5, 0.6) is 0 Å². The first kappa shape index (κ1) is 22.1. The second kappa shape index (κ2) is 7.73. The van der Waals surface area contributed by atoms with Crippen LogP contribution in [0, 0.1) is 5.41 Å². The van der Waals surface area contributed by atoms with Crippen LogP contribution in [0.1, 0.15) is 54.9 Å². The minimum atomic E-state index is -1.94. The van der Waals surface area contributed by atoms with Crippen LogP contribution >= 0.6 is 0 Å². The minimum absolute atomic E-state index is 0.0258. The second-order valence-electron chi connectivity index (χ2n) is 9.32. The molecule has 0 fully saturated rings. The van der Waals surface area contributed by atoms with Gasteiger partial charge in [0.25, 0.3) is 0 Å². The number of allylic oxidation sites excluding steroid dienone is 4. The number of aldehydes is 1. The lowest BCUT2D eigenvalue weighted by Gasteiger charge is -2.48. The molecule has 0 aliphatic heterocycles. The van der Waals surface area contributed by atoms with Crippen molar-refractivity contribution in [2.45, 2.75) is 85.2 Å². The van der Waals surface area contributed by atoms with Gasteiger partial charge in [-0.15, -0.1) is 0 Å². The normalized spacial score (nSPS) is 25.6. The number of aliphatic hydroxyl groups is 1. The van der Waals surface area contributed by atoms with Crippen molar-refractivity contribution in [3.8, 4) is 0 Å². The fraction of sp³-hybridized carbons (Fsp3) is 0.667. The average molecular weight is 365 g/mol. The summed E-state index contributed by atoms with van der Waals surface area (Å²) in [6, 6.07) is 0. The lowest BCUT2D eigenvalue weighted by Crippen LogP contribution is -2.51. The van der Waals surface area contributed by atoms with Crippen LogP contribution in [0.25, 0.3) is 0 Å². The predicted molar refractivity (Wildman–Crippen MR) is 108 cm³/mol. The zero-order chi connectivity index (χ0) is 19.6. The zero-order valence-electron chi connectivity index (χ0n) is 17.4. The van der Waals surface area contributed by atoms with Gasteiger partial charge in [0.05, 0.1) is 12.2 Å². The number of hydrogen-bond acceptors (Lipinski definition) is 3. The smallest absolute Gasteiger partial charge is 0.192 e. The van der Waals surface area contributed by atoms with Gasteiger partial charge in [0.1, 0.15) is 6.29 Å². The van der Waals surface area contributed by atoms with E-state index in [1.165, 1.54) is 0 Å². The topological polar surface area (TPSA) is 46.5 Å². The summed E-state index contributed by atoms with van der Waals surface area (Å²) in [5.41, 5.74) is 2.80. The van der Waals surface area contributed by atoms with Gasteiger partial charge >= 0.3 is 0 Å². The molecule has 4 heteroatoms. The van der Waals surface area contributed by atoms with Crippen molar-refractivity contribution in [1.82, 2.24) is 0 Å². The maximum Gasteiger partial charge on any atom is 0.192 e. The molecule has 0 saturated heterocycles. The maximum atomic E-state index is 10.6. The molecule has 0 aromatic carbocycles. The standard InChI is InChI=1S/C21H36O3Si/c1-15(12-13-22)10-11-17-16(2)18(23)14-19(21(17,6)7)24-25(8,9)20(3,4)5/h10-13,18-19,23H,14H2,1-9H3/b11-10+,15-12+/t18-,19+/m1/s1. The van der Waals surface area contributed by atoms with Crippen LogP contribution in [-0.2, 0) is 9.22 Å². The Bertz CT molecular complexity index is 589. The first-order valence-corrected chi connectivity index (χ1v) is 12.0. The molecule has 1 rings (SSSR count). The summed E-state index contributed by atoms with van der Waals surface area (Å²) in [4.78, 5) is 10.6. The molecule has 1 N–H and O–H groups in total. The Morgan fingerprint density at radius 1 is 1.32 bits per heavy atom. The summed E-state index contributed by atoms with van der Waals surface area (Å²) in [5, 5.41) is 10.7. The molecular formula is C21H36O3Si. The first-order valence-electron chi connectivity index (χ1n) is 9.11. The van der Waals surface area contributed by atoms with Gasteiger partial charge in [-0.2, -0.15) is 0 Å². The third kappa shape index (κ3) is 5.02. The van der Waals surface area contributed by atoms with Gasteiger partial charge in [-0.1, -0.05) is 46.8 Å². The fourth-order valence-corrected chi connectivity index (χ4v) is 4.44. The van der Waals surface area contributed by atoms with Gasteiger partial charge in [-0.3, -0.25) is 4.79 Å². The van der Waals surface area contributed by atoms with Gasteiger partial charge < -0.3 is 9.53 Å². The van der Waals surface area contributed by atoms with E-state index in [4.69, 9.17) is 4.43 Å². The van der Waals surface area contributed by atoms with Crippen LogP contribution in [-0.4, -0.2) is 31.9 Å². The summed E-state index contributed by atoms with van der Waals surface area (Å²) in [6.07, 6.45) is 6.44. The third-order valence-electron chi connectivity index (χ3n) is 5.95. The van der Waals surface area contributed by atoms with E-state index in [-0.39, 0.29) is 16.6 Å². The van der Waals surface area contributed by atoms with Gasteiger partial charge in [0.15, 0.2) is 8.32 Å². The number of hydrogen-bond donors (Lipinski definition) is 1. The van der Waals surface area contributed by atoms with Crippen molar-refractivity contribution in [2.75, 3.05) is 0 Å². The Morgan fingerprint density at radius 2 is 1.88 bits per heavy atom. The Kier molecular flexibility index (Phi) is 6.82. The molecule has 1 aliphatic rings. The van der Waals surface area contributed by atoms with Crippen LogP contribution in [0.2, 0.25) is 18.1 Å². The number of aliphatic hydroxyl groups excluding tert-OH is 1. The van der Waals surface area contributed by atoms with E-state index in [0.29, 0.717) is 6.42 Å². The van der Waals surface area contributed by atoms with E-state index in [9.17, 15) is 9.90 Å². The SMILES string of the molecule is CC1=C(/C=C/C(C)=C/C=O)C(C)(C)[C@@H](O[Si](C)(C)C(C)(C)C)C[C@H]1O. The van der Waals surface area contributed by atoms with Crippen LogP contribution in [0.4, 0.5) is 0 Å². The quantitative estimate of drug-likeness (QED) is 0.316. The van der Waals surface area contributed by atoms with Crippen molar-refractivity contribution in [2.24, 2.45) is 5.41 Å². The summed E-state index contributed by atoms with van der Waals surface area (Å²) in [6.45, 7) is 19.5. The molecule has 2 atom stereocenters. The lowest BCUT2D eigenvalue weighted by atomic mass is 9.69. The van der Waals surface area contributed by atoms with Crippen molar-refractivity contribution in [3.63, 3.8) is 0 Å². The fourth-order valence-electron chi connectivity index (χ4n) is 2.99. The van der Waals surface area contributed by atoms with Crippen molar-refractivity contribution in [1.29, 1.82) is 0 Å². The van der Waals surface area contributed by atoms with Gasteiger partial charge in [0, 0.05) is 11.8 Å². The summed E-state index contributed by atoms with van der Waals surface area (Å²) < 4.78 is 6.70. The predicted octanol–water partition coefficient (Wildman–Crippen LogP) is 5.19. The van der Waals surface area contributed by atoms with E-state index >= 15 is 0 Å². The average Bonchev–Trinajstić information content (AvgIpc) is 2.43. The molecular weight excluding hydrogens is 328 g/mol. The molecule has 1 aliphatic carbocycles. The molecule has 0 heterocycles. The number of carbonyl (C=O) groups excluding carboxylic acids is 1. The van der Waals surface area contributed by atoms with E-state index in [2.05, 4.69) is 47.7 Å². The van der Waals surface area contributed by atoms with Crippen LogP contribution in [0.15, 0.2) is 34.9 Å². The Hall–Kier alpha value is -0.973. The molecule has 142 valence electrons. The molecule has 0 spiro atoms. The summed E-state index contributed by atoms with van der Waals surface area (Å²) >= 11 is 0. The Morgan fingerprint density at radius 3 is 2.36 bits per heavy atom. The van der Waals surface area contributed by atoms with E-state index in [0.717, 1.165) is 23.0 Å². The molecule has 3 nitrogen and oxygen atoms in total. The molecule has 0 unspecified atom stereocenters. The highest BCUT2D eigenvalue weighted by Crippen LogP contribution is 2.47. The molecule has 0 bridgehead atoms. The minimum Gasteiger partial charge on any atom is -0.413 e. The molecule has 0 amide bonds. The Labute approximate surface area is 155 Å². The summed E-state index contributed by atoms with van der Waals surface area (Å²) in [7, 11) is -1.94. The van der Waals surface area contributed by atoms with E-state index in [1.807, 2.05) is 26.0 Å². The second-order valence-corrected chi connectivity index (χ2v) is 14.1. The highest BCUT2D eigenvalue weighted by molar-refractivity contribution is 6.74. The van der Waals surface area contributed by atoms with E-state index < -0.39 is 14.4 Å². The molecule has 0 aromatic rings. The van der Waals surface area contributed by atoms with Crippen LogP contribution in [0.3, 0.4) is 0 Å². The molecule has 0 aromatic heterocycles. The molecule has 0 saturated carbocycles. The van der Waals surface area contributed by atoms with Crippen molar-refractivity contribution < 1.29 is 14.3 Å². The highest BCUT2D eigenvalue weighted by Gasteiger charge is 2.46. The van der Waals surface area contributed by atoms with Gasteiger partial charge in [0.2, 0.25) is 0 Å². The third-order valence-corrected chi connectivity index (χ3v) is 10.4. The maximum absolute atomic E-state index is 10.6. The van der Waals surface area contributed by atoms with Gasteiger partial charge in [-0.05, 0) is 54.8 Å². The monoisotopic (exact) mass is 364 g/mol. The van der Waals surface area contributed by atoms with Crippen molar-refractivity contribution >= 4 is 14.6 Å². The lowest BCUT2D eigenvalue weighted by molar-refractivity contribution is -0.104. The van der Waals surface area contributed by atoms with Crippen molar-refractivity contribution in [3.05, 3.63) is 34.9 Å². The molecule has 0 radical (unpaired) electrons. The number of rotatable bonds is 5. The van der Waals surface area contributed by atoms with Gasteiger partial charge in [-0.25, -0.2) is 0 Å². The largest absolute Gasteiger partial charge is 0.413 e.